The van der Waals surface area contributed by atoms with Crippen LogP contribution in [0.1, 0.15) is 17.2 Å². The van der Waals surface area contributed by atoms with E-state index in [0.29, 0.717) is 17.7 Å². The van der Waals surface area contributed by atoms with E-state index in [4.69, 9.17) is 4.74 Å². The summed E-state index contributed by atoms with van der Waals surface area (Å²) in [4.78, 5) is 2.43. The van der Waals surface area contributed by atoms with Gasteiger partial charge < -0.3 is 10.1 Å². The molecule has 122 valence electrons. The Morgan fingerprint density at radius 1 is 1.09 bits per heavy atom. The predicted molar refractivity (Wildman–Crippen MR) is 90.3 cm³/mol. The third-order valence-corrected chi connectivity index (χ3v) is 4.47. The van der Waals surface area contributed by atoms with Gasteiger partial charge in [-0.05, 0) is 24.1 Å². The molecular weight excluding hydrogens is 291 g/mol. The van der Waals surface area contributed by atoms with E-state index in [0.717, 1.165) is 26.2 Å². The van der Waals surface area contributed by atoms with Crippen molar-refractivity contribution in [3.05, 3.63) is 65.5 Å². The van der Waals surface area contributed by atoms with Gasteiger partial charge in [-0.1, -0.05) is 36.4 Å². The Hall–Kier alpha value is -1.91. The molecular formula is C19H23FN2O. The Kier molecular flexibility index (Phi) is 5.26. The SMILES string of the molecule is COc1cccc(F)c1CC(c1ccccc1)N1CCNCC1. The van der Waals surface area contributed by atoms with Gasteiger partial charge in [0.1, 0.15) is 11.6 Å². The fourth-order valence-corrected chi connectivity index (χ4v) is 3.25. The number of benzene rings is 2. The molecule has 0 amide bonds. The van der Waals surface area contributed by atoms with Gasteiger partial charge in [-0.25, -0.2) is 4.39 Å². The molecule has 4 heteroatoms. The van der Waals surface area contributed by atoms with Crippen molar-refractivity contribution in [3.63, 3.8) is 0 Å². The summed E-state index contributed by atoms with van der Waals surface area (Å²) >= 11 is 0. The van der Waals surface area contributed by atoms with Crippen molar-refractivity contribution >= 4 is 0 Å². The lowest BCUT2D eigenvalue weighted by Gasteiger charge is -2.35. The summed E-state index contributed by atoms with van der Waals surface area (Å²) in [5.41, 5.74) is 1.88. The van der Waals surface area contributed by atoms with E-state index >= 15 is 0 Å². The summed E-state index contributed by atoms with van der Waals surface area (Å²) in [7, 11) is 1.60. The minimum Gasteiger partial charge on any atom is -0.496 e. The Morgan fingerprint density at radius 2 is 1.83 bits per heavy atom. The van der Waals surface area contributed by atoms with Crippen LogP contribution in [0.25, 0.3) is 0 Å². The van der Waals surface area contributed by atoms with E-state index in [1.807, 2.05) is 24.3 Å². The maximum atomic E-state index is 14.4. The average Bonchev–Trinajstić information content (AvgIpc) is 2.62. The zero-order valence-corrected chi connectivity index (χ0v) is 13.5. The van der Waals surface area contributed by atoms with Crippen molar-refractivity contribution in [3.8, 4) is 5.75 Å². The normalized spacial score (nSPS) is 17.0. The Labute approximate surface area is 137 Å². The quantitative estimate of drug-likeness (QED) is 0.918. The summed E-state index contributed by atoms with van der Waals surface area (Å²) in [5, 5.41) is 3.38. The largest absolute Gasteiger partial charge is 0.496 e. The lowest BCUT2D eigenvalue weighted by Crippen LogP contribution is -2.45. The molecule has 2 aromatic rings. The van der Waals surface area contributed by atoms with Crippen molar-refractivity contribution in [2.45, 2.75) is 12.5 Å². The van der Waals surface area contributed by atoms with Crippen molar-refractivity contribution in [2.24, 2.45) is 0 Å². The molecule has 1 N–H and O–H groups in total. The van der Waals surface area contributed by atoms with E-state index in [-0.39, 0.29) is 11.9 Å². The highest BCUT2D eigenvalue weighted by Gasteiger charge is 2.24. The number of hydrogen-bond donors (Lipinski definition) is 1. The third-order valence-electron chi connectivity index (χ3n) is 4.47. The monoisotopic (exact) mass is 314 g/mol. The van der Waals surface area contributed by atoms with Gasteiger partial charge in [-0.2, -0.15) is 0 Å². The van der Waals surface area contributed by atoms with Crippen LogP contribution in [0, 0.1) is 5.82 Å². The predicted octanol–water partition coefficient (Wildman–Crippen LogP) is 3.02. The second-order valence-corrected chi connectivity index (χ2v) is 5.84. The first kappa shape index (κ1) is 16.0. The molecule has 1 aliphatic heterocycles. The van der Waals surface area contributed by atoms with Crippen LogP contribution in [0.5, 0.6) is 5.75 Å². The second kappa shape index (κ2) is 7.57. The highest BCUT2D eigenvalue weighted by Crippen LogP contribution is 2.31. The number of nitrogens with zero attached hydrogens (tertiary/aromatic N) is 1. The molecule has 3 rings (SSSR count). The van der Waals surface area contributed by atoms with Crippen LogP contribution in [0.15, 0.2) is 48.5 Å². The molecule has 0 spiro atoms. The summed E-state index contributed by atoms with van der Waals surface area (Å²) in [6.07, 6.45) is 0.611. The van der Waals surface area contributed by atoms with Gasteiger partial charge in [0.05, 0.1) is 7.11 Å². The maximum absolute atomic E-state index is 14.4. The molecule has 0 aliphatic carbocycles. The van der Waals surface area contributed by atoms with Crippen LogP contribution in [-0.2, 0) is 6.42 Å². The van der Waals surface area contributed by atoms with Crippen LogP contribution >= 0.6 is 0 Å². The standard InChI is InChI=1S/C19H23FN2O/c1-23-19-9-5-8-17(20)16(19)14-18(15-6-3-2-4-7-15)22-12-10-21-11-13-22/h2-9,18,21H,10-14H2,1H3. The van der Waals surface area contributed by atoms with Crippen molar-refractivity contribution < 1.29 is 9.13 Å². The van der Waals surface area contributed by atoms with Gasteiger partial charge in [0.2, 0.25) is 0 Å². The lowest BCUT2D eigenvalue weighted by molar-refractivity contribution is 0.171. The summed E-state index contributed by atoms with van der Waals surface area (Å²) in [5.74, 6) is 0.432. The molecule has 3 nitrogen and oxygen atoms in total. The number of methoxy groups -OCH3 is 1. The molecule has 23 heavy (non-hydrogen) atoms. The van der Waals surface area contributed by atoms with Crippen LogP contribution in [0.3, 0.4) is 0 Å². The van der Waals surface area contributed by atoms with E-state index in [2.05, 4.69) is 22.3 Å². The second-order valence-electron chi connectivity index (χ2n) is 5.84. The van der Waals surface area contributed by atoms with E-state index in [1.165, 1.54) is 11.6 Å². The van der Waals surface area contributed by atoms with Gasteiger partial charge >= 0.3 is 0 Å². The van der Waals surface area contributed by atoms with Crippen LogP contribution in [0.4, 0.5) is 4.39 Å². The zero-order chi connectivity index (χ0) is 16.1. The summed E-state index contributed by atoms with van der Waals surface area (Å²) < 4.78 is 19.7. The molecule has 1 saturated heterocycles. The molecule has 1 aliphatic rings. The van der Waals surface area contributed by atoms with E-state index in [9.17, 15) is 4.39 Å². The molecule has 0 bridgehead atoms. The number of hydrogen-bond acceptors (Lipinski definition) is 3. The zero-order valence-electron chi connectivity index (χ0n) is 13.5. The van der Waals surface area contributed by atoms with Gasteiger partial charge in [0, 0.05) is 37.8 Å². The van der Waals surface area contributed by atoms with Crippen molar-refractivity contribution in [1.82, 2.24) is 10.2 Å². The first-order valence-electron chi connectivity index (χ1n) is 8.10. The molecule has 1 fully saturated rings. The number of ether oxygens (including phenoxy) is 1. The van der Waals surface area contributed by atoms with Crippen molar-refractivity contribution in [1.29, 1.82) is 0 Å². The first-order valence-corrected chi connectivity index (χ1v) is 8.10. The van der Waals surface area contributed by atoms with Crippen LogP contribution in [-0.4, -0.2) is 38.2 Å². The Bertz CT molecular complexity index is 627. The summed E-state index contributed by atoms with van der Waals surface area (Å²) in [6, 6.07) is 15.5. The molecule has 0 saturated carbocycles. The minimum atomic E-state index is -0.194. The van der Waals surface area contributed by atoms with E-state index in [1.54, 1.807) is 13.2 Å². The van der Waals surface area contributed by atoms with Gasteiger partial charge in [0.25, 0.3) is 0 Å². The molecule has 1 unspecified atom stereocenters. The van der Waals surface area contributed by atoms with Gasteiger partial charge in [-0.3, -0.25) is 4.90 Å². The number of rotatable bonds is 5. The van der Waals surface area contributed by atoms with Crippen LogP contribution < -0.4 is 10.1 Å². The fourth-order valence-electron chi connectivity index (χ4n) is 3.25. The highest BCUT2D eigenvalue weighted by molar-refractivity contribution is 5.36. The number of halogens is 1. The van der Waals surface area contributed by atoms with Gasteiger partial charge in [-0.15, -0.1) is 0 Å². The molecule has 0 radical (unpaired) electrons. The average molecular weight is 314 g/mol. The topological polar surface area (TPSA) is 24.5 Å². The maximum Gasteiger partial charge on any atom is 0.130 e. The number of piperazine rings is 1. The molecule has 2 aromatic carbocycles. The number of nitrogens with one attached hydrogen (secondary N) is 1. The molecule has 1 heterocycles. The fraction of sp³-hybridized carbons (Fsp3) is 0.368. The smallest absolute Gasteiger partial charge is 0.130 e. The molecule has 1 atom stereocenters. The van der Waals surface area contributed by atoms with E-state index < -0.39 is 0 Å². The van der Waals surface area contributed by atoms with Gasteiger partial charge in [0.15, 0.2) is 0 Å². The minimum absolute atomic E-state index is 0.157. The first-order chi connectivity index (χ1) is 11.3. The van der Waals surface area contributed by atoms with Crippen LogP contribution in [0.2, 0.25) is 0 Å². The summed E-state index contributed by atoms with van der Waals surface area (Å²) in [6.45, 7) is 3.88. The third kappa shape index (κ3) is 3.71. The highest BCUT2D eigenvalue weighted by atomic mass is 19.1. The molecule has 0 aromatic heterocycles. The Balaban J connectivity index is 1.93. The van der Waals surface area contributed by atoms with Crippen molar-refractivity contribution in [2.75, 3.05) is 33.3 Å². The lowest BCUT2D eigenvalue weighted by atomic mass is 9.96. The Morgan fingerprint density at radius 3 is 2.52 bits per heavy atom.